The van der Waals surface area contributed by atoms with Crippen LogP contribution in [-0.4, -0.2) is 31.7 Å². The lowest BCUT2D eigenvalue weighted by Crippen LogP contribution is -2.43. The molecule has 0 saturated heterocycles. The number of unbranched alkanes of at least 4 members (excludes halogenated alkanes) is 3. The van der Waals surface area contributed by atoms with Crippen molar-refractivity contribution in [1.82, 2.24) is 10.6 Å². The van der Waals surface area contributed by atoms with Gasteiger partial charge in [-0.3, -0.25) is 4.79 Å². The predicted molar refractivity (Wildman–Crippen MR) is 83.1 cm³/mol. The number of esters is 1. The molecule has 122 valence electrons. The van der Waals surface area contributed by atoms with Crippen LogP contribution in [0.15, 0.2) is 0 Å². The van der Waals surface area contributed by atoms with Crippen molar-refractivity contribution in [3.8, 4) is 0 Å². The van der Waals surface area contributed by atoms with Crippen LogP contribution in [0.25, 0.3) is 0 Å². The van der Waals surface area contributed by atoms with E-state index in [-0.39, 0.29) is 12.0 Å². The van der Waals surface area contributed by atoms with Gasteiger partial charge in [-0.1, -0.05) is 19.8 Å². The van der Waals surface area contributed by atoms with Crippen molar-refractivity contribution in [2.24, 2.45) is 5.92 Å². The minimum Gasteiger partial charge on any atom is -0.469 e. The molecular formula is C16H30N2O3. The number of ether oxygens (including phenoxy) is 1. The first-order valence-corrected chi connectivity index (χ1v) is 8.23. The number of amides is 2. The number of hydrogen-bond donors (Lipinski definition) is 2. The summed E-state index contributed by atoms with van der Waals surface area (Å²) >= 11 is 0. The summed E-state index contributed by atoms with van der Waals surface area (Å²) in [4.78, 5) is 22.6. The maximum atomic E-state index is 11.7. The number of nitrogens with one attached hydrogen (secondary N) is 2. The van der Waals surface area contributed by atoms with Gasteiger partial charge >= 0.3 is 12.0 Å². The van der Waals surface area contributed by atoms with Gasteiger partial charge in [0.15, 0.2) is 0 Å². The average molecular weight is 298 g/mol. The molecule has 0 bridgehead atoms. The quantitative estimate of drug-likeness (QED) is 0.535. The van der Waals surface area contributed by atoms with Gasteiger partial charge in [-0.2, -0.15) is 0 Å². The van der Waals surface area contributed by atoms with Crippen molar-refractivity contribution in [3.05, 3.63) is 0 Å². The molecule has 0 aliphatic heterocycles. The second-order valence-electron chi connectivity index (χ2n) is 6.10. The maximum Gasteiger partial charge on any atom is 0.315 e. The molecule has 21 heavy (non-hydrogen) atoms. The van der Waals surface area contributed by atoms with Crippen molar-refractivity contribution in [1.29, 1.82) is 0 Å². The summed E-state index contributed by atoms with van der Waals surface area (Å²) in [5, 5.41) is 5.96. The monoisotopic (exact) mass is 298 g/mol. The molecule has 0 aromatic rings. The van der Waals surface area contributed by atoms with E-state index in [4.69, 9.17) is 0 Å². The number of rotatable bonds is 8. The van der Waals surface area contributed by atoms with Gasteiger partial charge in [-0.05, 0) is 44.4 Å². The molecule has 1 aliphatic carbocycles. The van der Waals surface area contributed by atoms with E-state index in [9.17, 15) is 9.59 Å². The molecule has 5 nitrogen and oxygen atoms in total. The molecule has 0 spiro atoms. The van der Waals surface area contributed by atoms with Crippen molar-refractivity contribution in [3.63, 3.8) is 0 Å². The lowest BCUT2D eigenvalue weighted by atomic mass is 9.87. The Balaban J connectivity index is 1.93. The zero-order valence-corrected chi connectivity index (χ0v) is 13.5. The van der Waals surface area contributed by atoms with Crippen LogP contribution in [0, 0.1) is 5.92 Å². The summed E-state index contributed by atoms with van der Waals surface area (Å²) < 4.78 is 4.58. The van der Waals surface area contributed by atoms with E-state index in [0.717, 1.165) is 44.4 Å². The first kappa shape index (κ1) is 17.8. The largest absolute Gasteiger partial charge is 0.469 e. The molecule has 0 atom stereocenters. The van der Waals surface area contributed by atoms with Gasteiger partial charge < -0.3 is 15.4 Å². The zero-order chi connectivity index (χ0) is 15.5. The maximum absolute atomic E-state index is 11.7. The minimum atomic E-state index is -0.144. The second kappa shape index (κ2) is 10.5. The minimum absolute atomic E-state index is 0.0379. The fourth-order valence-corrected chi connectivity index (χ4v) is 2.69. The van der Waals surface area contributed by atoms with Gasteiger partial charge in [0.25, 0.3) is 0 Å². The van der Waals surface area contributed by atoms with Crippen molar-refractivity contribution < 1.29 is 14.3 Å². The molecule has 0 aromatic carbocycles. The van der Waals surface area contributed by atoms with Gasteiger partial charge in [0, 0.05) is 19.0 Å². The van der Waals surface area contributed by atoms with Crippen LogP contribution in [0.4, 0.5) is 4.79 Å². The van der Waals surface area contributed by atoms with E-state index in [2.05, 4.69) is 22.3 Å². The van der Waals surface area contributed by atoms with E-state index in [0.29, 0.717) is 19.0 Å². The molecule has 2 N–H and O–H groups in total. The van der Waals surface area contributed by atoms with Crippen LogP contribution in [0.2, 0.25) is 0 Å². The number of carbonyl (C=O) groups is 2. The summed E-state index contributed by atoms with van der Waals surface area (Å²) in [6.45, 7) is 2.98. The Labute approximate surface area is 128 Å². The molecule has 5 heteroatoms. The van der Waals surface area contributed by atoms with Crippen LogP contribution in [0.3, 0.4) is 0 Å². The number of carbonyl (C=O) groups excluding carboxylic acids is 2. The Morgan fingerprint density at radius 3 is 2.38 bits per heavy atom. The Bertz CT molecular complexity index is 313. The van der Waals surface area contributed by atoms with Crippen molar-refractivity contribution in [2.75, 3.05) is 13.7 Å². The predicted octanol–water partition coefficient (Wildman–Crippen LogP) is 2.99. The fourth-order valence-electron chi connectivity index (χ4n) is 2.69. The Hall–Kier alpha value is -1.26. The lowest BCUT2D eigenvalue weighted by Gasteiger charge is -2.26. The summed E-state index contributed by atoms with van der Waals surface area (Å²) in [5.41, 5.74) is 0. The normalized spacial score (nSPS) is 21.6. The molecule has 0 aromatic heterocycles. The highest BCUT2D eigenvalue weighted by atomic mass is 16.5. The molecule has 1 aliphatic rings. The zero-order valence-electron chi connectivity index (χ0n) is 13.5. The molecule has 1 saturated carbocycles. The Kier molecular flexibility index (Phi) is 8.87. The van der Waals surface area contributed by atoms with Crippen molar-refractivity contribution in [2.45, 2.75) is 70.8 Å². The first-order chi connectivity index (χ1) is 10.1. The smallest absolute Gasteiger partial charge is 0.315 e. The SMILES string of the molecule is COC(=O)CCCCCCNC(=O)NC1CCC(C)CC1. The third kappa shape index (κ3) is 8.58. The molecule has 2 amide bonds. The highest BCUT2D eigenvalue weighted by Gasteiger charge is 2.19. The molecular weight excluding hydrogens is 268 g/mol. The van der Waals surface area contributed by atoms with E-state index in [1.807, 2.05) is 0 Å². The second-order valence-corrected chi connectivity index (χ2v) is 6.10. The number of methoxy groups -OCH3 is 1. The third-order valence-electron chi connectivity index (χ3n) is 4.17. The van der Waals surface area contributed by atoms with Crippen molar-refractivity contribution >= 4 is 12.0 Å². The molecule has 0 radical (unpaired) electrons. The number of hydrogen-bond acceptors (Lipinski definition) is 3. The standard InChI is InChI=1S/C16H30N2O3/c1-13-8-10-14(11-9-13)18-16(20)17-12-6-4-3-5-7-15(19)21-2/h13-14H,3-12H2,1-2H3,(H2,17,18,20). The Morgan fingerprint density at radius 2 is 1.71 bits per heavy atom. The van der Waals surface area contributed by atoms with Gasteiger partial charge in [-0.15, -0.1) is 0 Å². The van der Waals surface area contributed by atoms with E-state index in [1.54, 1.807) is 0 Å². The molecule has 0 unspecified atom stereocenters. The van der Waals surface area contributed by atoms with Crippen LogP contribution < -0.4 is 10.6 Å². The van der Waals surface area contributed by atoms with Crippen LogP contribution in [0.1, 0.15) is 64.7 Å². The third-order valence-corrected chi connectivity index (χ3v) is 4.17. The van der Waals surface area contributed by atoms with E-state index >= 15 is 0 Å². The fraction of sp³-hybridized carbons (Fsp3) is 0.875. The highest BCUT2D eigenvalue weighted by Crippen LogP contribution is 2.23. The topological polar surface area (TPSA) is 67.4 Å². The van der Waals surface area contributed by atoms with E-state index in [1.165, 1.54) is 20.0 Å². The molecule has 1 fully saturated rings. The van der Waals surface area contributed by atoms with Gasteiger partial charge in [0.1, 0.15) is 0 Å². The van der Waals surface area contributed by atoms with Crippen LogP contribution in [-0.2, 0) is 9.53 Å². The van der Waals surface area contributed by atoms with E-state index < -0.39 is 0 Å². The summed E-state index contributed by atoms with van der Waals surface area (Å²) in [5.74, 6) is 0.658. The molecule has 0 heterocycles. The lowest BCUT2D eigenvalue weighted by molar-refractivity contribution is -0.140. The Morgan fingerprint density at radius 1 is 1.05 bits per heavy atom. The first-order valence-electron chi connectivity index (χ1n) is 8.23. The average Bonchev–Trinajstić information content (AvgIpc) is 2.48. The van der Waals surface area contributed by atoms with Crippen LogP contribution in [0.5, 0.6) is 0 Å². The van der Waals surface area contributed by atoms with Gasteiger partial charge in [0.2, 0.25) is 0 Å². The highest BCUT2D eigenvalue weighted by molar-refractivity contribution is 5.74. The summed E-state index contributed by atoms with van der Waals surface area (Å²) in [7, 11) is 1.41. The molecule has 1 rings (SSSR count). The summed E-state index contributed by atoms with van der Waals surface area (Å²) in [6.07, 6.45) is 8.96. The van der Waals surface area contributed by atoms with Crippen LogP contribution >= 0.6 is 0 Å². The van der Waals surface area contributed by atoms with Gasteiger partial charge in [-0.25, -0.2) is 4.79 Å². The number of urea groups is 1. The van der Waals surface area contributed by atoms with Gasteiger partial charge in [0.05, 0.1) is 7.11 Å². The summed E-state index contributed by atoms with van der Waals surface area (Å²) in [6, 6.07) is 0.311.